The third-order valence-corrected chi connectivity index (χ3v) is 3.52. The van der Waals surface area contributed by atoms with Crippen LogP contribution in [0.25, 0.3) is 0 Å². The minimum Gasteiger partial charge on any atom is -0.508 e. The minimum atomic E-state index is 0.181. The fourth-order valence-corrected chi connectivity index (χ4v) is 2.30. The molecule has 2 heteroatoms. The van der Waals surface area contributed by atoms with Crippen LogP contribution in [0.1, 0.15) is 36.1 Å². The van der Waals surface area contributed by atoms with Gasteiger partial charge in [0.05, 0.1) is 0 Å². The first-order valence-corrected chi connectivity index (χ1v) is 6.78. The molecule has 0 fully saturated rings. The Morgan fingerprint density at radius 1 is 1.05 bits per heavy atom. The maximum atomic E-state index is 9.92. The summed E-state index contributed by atoms with van der Waals surface area (Å²) in [5.41, 5.74) is 3.57. The highest BCUT2D eigenvalue weighted by atomic mass is 16.3. The van der Waals surface area contributed by atoms with Gasteiger partial charge in [0.25, 0.3) is 0 Å². The van der Waals surface area contributed by atoms with Crippen LogP contribution in [0.15, 0.2) is 48.5 Å². The Morgan fingerprint density at radius 3 is 2.42 bits per heavy atom. The molecular weight excluding hydrogens is 234 g/mol. The highest BCUT2D eigenvalue weighted by Crippen LogP contribution is 2.26. The molecule has 0 bridgehead atoms. The van der Waals surface area contributed by atoms with Crippen molar-refractivity contribution < 1.29 is 5.11 Å². The Hall–Kier alpha value is -1.80. The molecule has 2 N–H and O–H groups in total. The number of hydrogen-bond acceptors (Lipinski definition) is 2. The fourth-order valence-electron chi connectivity index (χ4n) is 2.30. The van der Waals surface area contributed by atoms with E-state index in [1.54, 1.807) is 6.07 Å². The SMILES string of the molecule is CCC(NCc1ccccc1C)c1ccccc1O. The van der Waals surface area contributed by atoms with Gasteiger partial charge in [-0.15, -0.1) is 0 Å². The average Bonchev–Trinajstić information content (AvgIpc) is 2.43. The molecule has 19 heavy (non-hydrogen) atoms. The van der Waals surface area contributed by atoms with Crippen LogP contribution in [0, 0.1) is 6.92 Å². The van der Waals surface area contributed by atoms with Gasteiger partial charge >= 0.3 is 0 Å². The van der Waals surface area contributed by atoms with E-state index in [1.165, 1.54) is 11.1 Å². The lowest BCUT2D eigenvalue weighted by atomic mass is 10.0. The minimum absolute atomic E-state index is 0.181. The largest absolute Gasteiger partial charge is 0.508 e. The van der Waals surface area contributed by atoms with E-state index in [0.29, 0.717) is 5.75 Å². The third-order valence-electron chi connectivity index (χ3n) is 3.52. The van der Waals surface area contributed by atoms with Crippen molar-refractivity contribution >= 4 is 0 Å². The van der Waals surface area contributed by atoms with Gasteiger partial charge in [-0.25, -0.2) is 0 Å². The van der Waals surface area contributed by atoms with Crippen LogP contribution in [0.4, 0.5) is 0 Å². The van der Waals surface area contributed by atoms with Gasteiger partial charge in [-0.1, -0.05) is 49.4 Å². The Labute approximate surface area is 115 Å². The van der Waals surface area contributed by atoms with Crippen LogP contribution in [0.3, 0.4) is 0 Å². The van der Waals surface area contributed by atoms with Crippen LogP contribution < -0.4 is 5.32 Å². The van der Waals surface area contributed by atoms with Crippen molar-refractivity contribution in [2.45, 2.75) is 32.9 Å². The Bertz CT molecular complexity index is 536. The Balaban J connectivity index is 2.09. The summed E-state index contributed by atoms with van der Waals surface area (Å²) in [7, 11) is 0. The van der Waals surface area contributed by atoms with Crippen molar-refractivity contribution in [3.8, 4) is 5.75 Å². The van der Waals surface area contributed by atoms with Crippen molar-refractivity contribution in [2.75, 3.05) is 0 Å². The van der Waals surface area contributed by atoms with Gasteiger partial charge < -0.3 is 10.4 Å². The number of rotatable bonds is 5. The highest BCUT2D eigenvalue weighted by Gasteiger charge is 2.12. The molecule has 0 aromatic heterocycles. The highest BCUT2D eigenvalue weighted by molar-refractivity contribution is 5.34. The number of aryl methyl sites for hydroxylation is 1. The molecule has 1 atom stereocenters. The van der Waals surface area contributed by atoms with Gasteiger partial charge in [0.2, 0.25) is 0 Å². The van der Waals surface area contributed by atoms with Crippen LogP contribution in [0.2, 0.25) is 0 Å². The van der Waals surface area contributed by atoms with Gasteiger partial charge in [0, 0.05) is 18.2 Å². The second kappa shape index (κ2) is 6.39. The second-order valence-corrected chi connectivity index (χ2v) is 4.83. The van der Waals surface area contributed by atoms with E-state index in [1.807, 2.05) is 18.2 Å². The zero-order valence-electron chi connectivity index (χ0n) is 11.6. The number of aromatic hydroxyl groups is 1. The standard InChI is InChI=1S/C17H21NO/c1-3-16(15-10-6-7-11-17(15)19)18-12-14-9-5-4-8-13(14)2/h4-11,16,18-19H,3,12H2,1-2H3. The van der Waals surface area contributed by atoms with Crippen molar-refractivity contribution in [1.82, 2.24) is 5.32 Å². The van der Waals surface area contributed by atoms with E-state index in [4.69, 9.17) is 0 Å². The molecule has 2 aromatic carbocycles. The molecule has 0 saturated carbocycles. The maximum Gasteiger partial charge on any atom is 0.120 e. The van der Waals surface area contributed by atoms with E-state index in [9.17, 15) is 5.11 Å². The third kappa shape index (κ3) is 3.36. The first-order chi connectivity index (χ1) is 9.22. The molecule has 2 aromatic rings. The topological polar surface area (TPSA) is 32.3 Å². The van der Waals surface area contributed by atoms with Gasteiger partial charge in [-0.2, -0.15) is 0 Å². The molecule has 0 heterocycles. The molecule has 0 saturated heterocycles. The van der Waals surface area contributed by atoms with Crippen molar-refractivity contribution in [1.29, 1.82) is 0 Å². The molecule has 2 rings (SSSR count). The summed E-state index contributed by atoms with van der Waals surface area (Å²) in [6, 6.07) is 16.1. The second-order valence-electron chi connectivity index (χ2n) is 4.83. The van der Waals surface area contributed by atoms with Gasteiger partial charge in [-0.3, -0.25) is 0 Å². The fraction of sp³-hybridized carbons (Fsp3) is 0.294. The summed E-state index contributed by atoms with van der Waals surface area (Å²) in [5.74, 6) is 0.367. The molecule has 2 nitrogen and oxygen atoms in total. The molecule has 100 valence electrons. The number of benzene rings is 2. The maximum absolute atomic E-state index is 9.92. The van der Waals surface area contributed by atoms with Gasteiger partial charge in [0.15, 0.2) is 0 Å². The van der Waals surface area contributed by atoms with Crippen molar-refractivity contribution in [2.24, 2.45) is 0 Å². The lowest BCUT2D eigenvalue weighted by molar-refractivity contribution is 0.440. The molecule has 0 radical (unpaired) electrons. The number of para-hydroxylation sites is 1. The molecule has 0 amide bonds. The smallest absolute Gasteiger partial charge is 0.120 e. The van der Waals surface area contributed by atoms with E-state index < -0.39 is 0 Å². The van der Waals surface area contributed by atoms with Crippen molar-refractivity contribution in [3.63, 3.8) is 0 Å². The first kappa shape index (κ1) is 13.6. The predicted octanol–water partition coefficient (Wildman–Crippen LogP) is 3.94. The summed E-state index contributed by atoms with van der Waals surface area (Å²) in [4.78, 5) is 0. The number of nitrogens with one attached hydrogen (secondary N) is 1. The van der Waals surface area contributed by atoms with Crippen LogP contribution in [0.5, 0.6) is 5.75 Å². The van der Waals surface area contributed by atoms with Gasteiger partial charge in [-0.05, 0) is 30.5 Å². The summed E-state index contributed by atoms with van der Waals surface area (Å²) < 4.78 is 0. The number of hydrogen-bond donors (Lipinski definition) is 2. The monoisotopic (exact) mass is 255 g/mol. The average molecular weight is 255 g/mol. The van der Waals surface area contributed by atoms with Crippen molar-refractivity contribution in [3.05, 3.63) is 65.2 Å². The molecular formula is C17H21NO. The normalized spacial score (nSPS) is 12.3. The molecule has 0 aliphatic rings. The molecule has 0 spiro atoms. The zero-order chi connectivity index (χ0) is 13.7. The Morgan fingerprint density at radius 2 is 1.74 bits per heavy atom. The molecule has 0 aliphatic carbocycles. The zero-order valence-corrected chi connectivity index (χ0v) is 11.6. The Kier molecular flexibility index (Phi) is 4.58. The predicted molar refractivity (Wildman–Crippen MR) is 79.2 cm³/mol. The van der Waals surface area contributed by atoms with E-state index in [0.717, 1.165) is 18.5 Å². The molecule has 0 aliphatic heterocycles. The summed E-state index contributed by atoms with van der Waals surface area (Å²) in [6.45, 7) is 5.07. The van der Waals surface area contributed by atoms with Crippen LogP contribution >= 0.6 is 0 Å². The quantitative estimate of drug-likeness (QED) is 0.848. The lowest BCUT2D eigenvalue weighted by Gasteiger charge is -2.19. The van der Waals surface area contributed by atoms with E-state index >= 15 is 0 Å². The summed E-state index contributed by atoms with van der Waals surface area (Å²) >= 11 is 0. The number of phenols is 1. The summed E-state index contributed by atoms with van der Waals surface area (Å²) in [6.07, 6.45) is 0.948. The van der Waals surface area contributed by atoms with Gasteiger partial charge in [0.1, 0.15) is 5.75 Å². The van der Waals surface area contributed by atoms with Crippen LogP contribution in [-0.2, 0) is 6.54 Å². The molecule has 1 unspecified atom stereocenters. The van der Waals surface area contributed by atoms with Crippen LogP contribution in [-0.4, -0.2) is 5.11 Å². The summed E-state index contributed by atoms with van der Waals surface area (Å²) in [5, 5.41) is 13.4. The first-order valence-electron chi connectivity index (χ1n) is 6.78. The van der Waals surface area contributed by atoms with E-state index in [-0.39, 0.29) is 6.04 Å². The van der Waals surface area contributed by atoms with E-state index in [2.05, 4.69) is 43.4 Å². The number of phenolic OH excluding ortho intramolecular Hbond substituents is 1. The lowest BCUT2D eigenvalue weighted by Crippen LogP contribution is -2.20.